The van der Waals surface area contributed by atoms with Gasteiger partial charge in [-0.15, -0.1) is 0 Å². The summed E-state index contributed by atoms with van der Waals surface area (Å²) >= 11 is 0. The van der Waals surface area contributed by atoms with Crippen molar-refractivity contribution in [3.05, 3.63) is 0 Å². The van der Waals surface area contributed by atoms with Crippen molar-refractivity contribution in [1.29, 1.82) is 0 Å². The van der Waals surface area contributed by atoms with Gasteiger partial charge >= 0.3 is 6.03 Å². The lowest BCUT2D eigenvalue weighted by Crippen LogP contribution is -2.46. The molecular weight excluding hydrogens is 178 g/mol. The van der Waals surface area contributed by atoms with E-state index in [1.165, 1.54) is 0 Å². The van der Waals surface area contributed by atoms with Crippen LogP contribution in [0, 0.1) is 5.92 Å². The lowest BCUT2D eigenvalue weighted by Gasteiger charge is -2.25. The smallest absolute Gasteiger partial charge is 0.317 e. The van der Waals surface area contributed by atoms with Crippen LogP contribution in [0.25, 0.3) is 0 Å². The molecule has 0 saturated heterocycles. The third-order valence-electron chi connectivity index (χ3n) is 2.63. The highest BCUT2D eigenvalue weighted by molar-refractivity contribution is 5.74. The molecule has 0 aliphatic carbocycles. The number of urea groups is 1. The molecular formula is C10H23N3O. The van der Waals surface area contributed by atoms with Gasteiger partial charge in [0.15, 0.2) is 0 Å². The number of nitrogens with one attached hydrogen (secondary N) is 1. The van der Waals surface area contributed by atoms with Gasteiger partial charge in [-0.2, -0.15) is 0 Å². The fraction of sp³-hybridized carbons (Fsp3) is 0.900. The molecule has 0 aromatic heterocycles. The van der Waals surface area contributed by atoms with Gasteiger partial charge in [0, 0.05) is 19.1 Å². The summed E-state index contributed by atoms with van der Waals surface area (Å²) in [7, 11) is 0. The van der Waals surface area contributed by atoms with Crippen LogP contribution in [-0.4, -0.2) is 36.6 Å². The Hall–Kier alpha value is -0.770. The molecule has 84 valence electrons. The molecule has 4 nitrogen and oxygen atoms in total. The fourth-order valence-corrected chi connectivity index (χ4v) is 1.14. The summed E-state index contributed by atoms with van der Waals surface area (Å²) in [5.41, 5.74) is 5.52. The van der Waals surface area contributed by atoms with Crippen molar-refractivity contribution in [2.24, 2.45) is 11.7 Å². The van der Waals surface area contributed by atoms with E-state index in [2.05, 4.69) is 5.32 Å². The number of nitrogens with two attached hydrogens (primary N) is 1. The molecule has 0 heterocycles. The van der Waals surface area contributed by atoms with Crippen LogP contribution in [0.2, 0.25) is 0 Å². The van der Waals surface area contributed by atoms with Crippen LogP contribution in [0.15, 0.2) is 0 Å². The van der Waals surface area contributed by atoms with Crippen LogP contribution in [0.5, 0.6) is 0 Å². The summed E-state index contributed by atoms with van der Waals surface area (Å²) in [5.74, 6) is 0.314. The first-order valence-electron chi connectivity index (χ1n) is 5.32. The molecule has 0 radical (unpaired) electrons. The molecule has 2 amide bonds. The zero-order valence-electron chi connectivity index (χ0n) is 9.71. The highest BCUT2D eigenvalue weighted by Gasteiger charge is 2.15. The number of hydrogen-bond acceptors (Lipinski definition) is 2. The van der Waals surface area contributed by atoms with E-state index in [4.69, 9.17) is 5.73 Å². The Balaban J connectivity index is 4.03. The summed E-state index contributed by atoms with van der Waals surface area (Å²) in [6.07, 6.45) is 0. The van der Waals surface area contributed by atoms with Crippen molar-refractivity contribution >= 4 is 6.03 Å². The van der Waals surface area contributed by atoms with Gasteiger partial charge in [0.2, 0.25) is 0 Å². The van der Waals surface area contributed by atoms with Crippen molar-refractivity contribution in [2.45, 2.75) is 33.7 Å². The van der Waals surface area contributed by atoms with Gasteiger partial charge in [-0.1, -0.05) is 6.92 Å². The standard InChI is InChI=1S/C10H23N3O/c1-5-13(6-2)10(14)12-9(4)8(3)7-11/h8-9H,5-7,11H2,1-4H3,(H,12,14). The second kappa shape index (κ2) is 6.65. The molecule has 14 heavy (non-hydrogen) atoms. The topological polar surface area (TPSA) is 58.4 Å². The van der Waals surface area contributed by atoms with Crippen molar-refractivity contribution in [3.63, 3.8) is 0 Å². The Labute approximate surface area is 86.8 Å². The van der Waals surface area contributed by atoms with E-state index in [0.717, 1.165) is 13.1 Å². The van der Waals surface area contributed by atoms with E-state index < -0.39 is 0 Å². The zero-order chi connectivity index (χ0) is 11.1. The molecule has 0 spiro atoms. The average molecular weight is 201 g/mol. The Morgan fingerprint density at radius 2 is 1.86 bits per heavy atom. The maximum absolute atomic E-state index is 11.6. The molecule has 3 N–H and O–H groups in total. The minimum Gasteiger partial charge on any atom is -0.335 e. The normalized spacial score (nSPS) is 14.6. The van der Waals surface area contributed by atoms with Crippen LogP contribution in [-0.2, 0) is 0 Å². The van der Waals surface area contributed by atoms with E-state index in [1.54, 1.807) is 4.90 Å². The van der Waals surface area contributed by atoms with E-state index in [-0.39, 0.29) is 12.1 Å². The third-order valence-corrected chi connectivity index (χ3v) is 2.63. The summed E-state index contributed by atoms with van der Waals surface area (Å²) in [6.45, 7) is 10.0. The Bertz CT molecular complexity index is 169. The summed E-state index contributed by atoms with van der Waals surface area (Å²) in [5, 5.41) is 2.94. The second-order valence-electron chi connectivity index (χ2n) is 3.62. The molecule has 0 aliphatic rings. The lowest BCUT2D eigenvalue weighted by molar-refractivity contribution is 0.196. The molecule has 4 heteroatoms. The molecule has 0 aromatic carbocycles. The van der Waals surface area contributed by atoms with Gasteiger partial charge in [-0.25, -0.2) is 4.79 Å². The number of rotatable bonds is 5. The van der Waals surface area contributed by atoms with Crippen LogP contribution >= 0.6 is 0 Å². The number of amides is 2. The molecule has 0 fully saturated rings. The Kier molecular flexibility index (Phi) is 6.28. The Morgan fingerprint density at radius 1 is 1.36 bits per heavy atom. The summed E-state index contributed by atoms with van der Waals surface area (Å²) < 4.78 is 0. The lowest BCUT2D eigenvalue weighted by atomic mass is 10.0. The number of hydrogen-bond donors (Lipinski definition) is 2. The van der Waals surface area contributed by atoms with Crippen molar-refractivity contribution < 1.29 is 4.79 Å². The van der Waals surface area contributed by atoms with Gasteiger partial charge in [0.1, 0.15) is 0 Å². The molecule has 0 rings (SSSR count). The zero-order valence-corrected chi connectivity index (χ0v) is 9.71. The first-order chi connectivity index (χ1) is 6.56. The number of carbonyl (C=O) groups is 1. The second-order valence-corrected chi connectivity index (χ2v) is 3.62. The number of carbonyl (C=O) groups excluding carboxylic acids is 1. The predicted octanol–water partition coefficient (Wildman–Crippen LogP) is 1.02. The third kappa shape index (κ3) is 3.96. The largest absolute Gasteiger partial charge is 0.335 e. The molecule has 0 bridgehead atoms. The fourth-order valence-electron chi connectivity index (χ4n) is 1.14. The molecule has 0 saturated carbocycles. The van der Waals surface area contributed by atoms with Gasteiger partial charge in [-0.05, 0) is 33.2 Å². The Morgan fingerprint density at radius 3 is 2.21 bits per heavy atom. The minimum atomic E-state index is 0.00259. The van der Waals surface area contributed by atoms with Crippen molar-refractivity contribution in [3.8, 4) is 0 Å². The predicted molar refractivity (Wildman–Crippen MR) is 59.1 cm³/mol. The maximum atomic E-state index is 11.6. The SMILES string of the molecule is CCN(CC)C(=O)NC(C)C(C)CN. The van der Waals surface area contributed by atoms with Gasteiger partial charge in [-0.3, -0.25) is 0 Å². The average Bonchev–Trinajstić information content (AvgIpc) is 2.18. The highest BCUT2D eigenvalue weighted by atomic mass is 16.2. The van der Waals surface area contributed by atoms with E-state index in [9.17, 15) is 4.79 Å². The van der Waals surface area contributed by atoms with Crippen molar-refractivity contribution in [2.75, 3.05) is 19.6 Å². The summed E-state index contributed by atoms with van der Waals surface area (Å²) in [6, 6.07) is 0.135. The molecule has 2 atom stereocenters. The van der Waals surface area contributed by atoms with Gasteiger partial charge in [0.05, 0.1) is 0 Å². The number of nitrogens with zero attached hydrogens (tertiary/aromatic N) is 1. The van der Waals surface area contributed by atoms with Crippen LogP contribution in [0.4, 0.5) is 4.79 Å². The van der Waals surface area contributed by atoms with Crippen molar-refractivity contribution in [1.82, 2.24) is 10.2 Å². The first-order valence-corrected chi connectivity index (χ1v) is 5.32. The molecule has 0 aliphatic heterocycles. The molecule has 2 unspecified atom stereocenters. The first kappa shape index (κ1) is 13.2. The monoisotopic (exact) mass is 201 g/mol. The maximum Gasteiger partial charge on any atom is 0.317 e. The quantitative estimate of drug-likeness (QED) is 0.697. The summed E-state index contributed by atoms with van der Waals surface area (Å²) in [4.78, 5) is 13.4. The molecule has 0 aromatic rings. The van der Waals surface area contributed by atoms with E-state index >= 15 is 0 Å². The van der Waals surface area contributed by atoms with Crippen LogP contribution in [0.1, 0.15) is 27.7 Å². The van der Waals surface area contributed by atoms with Crippen LogP contribution < -0.4 is 11.1 Å². The van der Waals surface area contributed by atoms with Crippen LogP contribution in [0.3, 0.4) is 0 Å². The van der Waals surface area contributed by atoms with Gasteiger partial charge < -0.3 is 16.0 Å². The van der Waals surface area contributed by atoms with E-state index in [0.29, 0.717) is 12.5 Å². The minimum absolute atomic E-state index is 0.00259. The highest BCUT2D eigenvalue weighted by Crippen LogP contribution is 2.00. The van der Waals surface area contributed by atoms with E-state index in [1.807, 2.05) is 27.7 Å². The van der Waals surface area contributed by atoms with Gasteiger partial charge in [0.25, 0.3) is 0 Å².